The number of fused-ring (bicyclic) bond motifs is 1. The molecule has 1 unspecified atom stereocenters. The minimum absolute atomic E-state index is 0.132. The number of imidazole rings is 1. The molecular weight excluding hydrogens is 592 g/mol. The van der Waals surface area contributed by atoms with Gasteiger partial charge in [0, 0.05) is 6.20 Å². The van der Waals surface area contributed by atoms with E-state index in [0.29, 0.717) is 35.0 Å². The number of Topliss-reactive ketones (excluding diaryl/α,β-unsaturated/α-hetero) is 1. The number of aryl methyl sites for hydroxylation is 3. The highest BCUT2D eigenvalue weighted by molar-refractivity contribution is 7.17. The third kappa shape index (κ3) is 5.35. The van der Waals surface area contributed by atoms with Crippen LogP contribution < -0.4 is 9.64 Å². The summed E-state index contributed by atoms with van der Waals surface area (Å²) >= 11 is 0.955. The molecule has 2 aromatic carbocycles. The molecule has 11 heteroatoms. The maximum Gasteiger partial charge on any atom is 0.350 e. The molecule has 1 N–H and O–H groups in total. The summed E-state index contributed by atoms with van der Waals surface area (Å²) in [4.78, 5) is 50.7. The molecule has 45 heavy (non-hydrogen) atoms. The number of carbonyl (C=O) groups excluding carboxylic acids is 3. The maximum absolute atomic E-state index is 13.8. The summed E-state index contributed by atoms with van der Waals surface area (Å²) in [6, 6.07) is 19.4. The van der Waals surface area contributed by atoms with Crippen molar-refractivity contribution in [2.75, 3.05) is 11.5 Å². The van der Waals surface area contributed by atoms with Crippen LogP contribution in [0.1, 0.15) is 56.4 Å². The Hall–Kier alpha value is -5.29. The van der Waals surface area contributed by atoms with Crippen LogP contribution in [-0.4, -0.2) is 43.7 Å². The van der Waals surface area contributed by atoms with E-state index in [4.69, 9.17) is 9.47 Å². The number of hydrogen-bond donors (Lipinski definition) is 1. The van der Waals surface area contributed by atoms with Crippen molar-refractivity contribution >= 4 is 45.5 Å². The Kier molecular flexibility index (Phi) is 7.94. The molecule has 0 spiro atoms. The molecular formula is C34H30N4O6S. The molecule has 1 saturated heterocycles. The third-order valence-corrected chi connectivity index (χ3v) is 8.79. The van der Waals surface area contributed by atoms with Crippen LogP contribution in [-0.2, 0) is 20.9 Å². The fourth-order valence-electron chi connectivity index (χ4n) is 5.38. The predicted octanol–water partition coefficient (Wildman–Crippen LogP) is 6.10. The number of nitrogens with zero attached hydrogens (tertiary/aromatic N) is 4. The first-order valence-electron chi connectivity index (χ1n) is 14.4. The number of esters is 1. The van der Waals surface area contributed by atoms with Gasteiger partial charge in [-0.05, 0) is 62.6 Å². The van der Waals surface area contributed by atoms with Crippen molar-refractivity contribution in [3.05, 3.63) is 117 Å². The van der Waals surface area contributed by atoms with Gasteiger partial charge < -0.3 is 19.0 Å². The lowest BCUT2D eigenvalue weighted by atomic mass is 9.96. The van der Waals surface area contributed by atoms with E-state index in [0.717, 1.165) is 22.5 Å². The van der Waals surface area contributed by atoms with Gasteiger partial charge in [0.05, 0.1) is 29.6 Å². The molecule has 6 rings (SSSR count). The molecule has 0 radical (unpaired) electrons. The molecule has 1 fully saturated rings. The minimum Gasteiger partial charge on any atom is -0.505 e. The smallest absolute Gasteiger partial charge is 0.350 e. The van der Waals surface area contributed by atoms with E-state index >= 15 is 0 Å². The van der Waals surface area contributed by atoms with E-state index in [1.807, 2.05) is 60.0 Å². The topological polar surface area (TPSA) is 123 Å². The number of amides is 1. The normalized spacial score (nSPS) is 16.0. The number of benzene rings is 2. The molecule has 0 aliphatic carbocycles. The van der Waals surface area contributed by atoms with Crippen molar-refractivity contribution in [3.8, 4) is 5.75 Å². The predicted molar refractivity (Wildman–Crippen MR) is 169 cm³/mol. The SMILES string of the molecule is CCOC(=O)c1sc(N2C(=O)C(=O)C(=C(O)c3nc4c(C)cccn4c3C)C2c2ccc(OCc3ccccc3)cc2)nc1C. The quantitative estimate of drug-likeness (QED) is 0.0954. The van der Waals surface area contributed by atoms with Crippen molar-refractivity contribution in [2.24, 2.45) is 0 Å². The first kappa shape index (κ1) is 29.8. The van der Waals surface area contributed by atoms with Crippen molar-refractivity contribution < 1.29 is 29.0 Å². The van der Waals surface area contributed by atoms with Gasteiger partial charge in [0.1, 0.15) is 28.6 Å². The number of carbonyl (C=O) groups is 3. The number of aliphatic hydroxyl groups is 1. The number of ketones is 1. The molecule has 4 heterocycles. The number of aromatic nitrogens is 3. The van der Waals surface area contributed by atoms with E-state index < -0.39 is 29.5 Å². The average Bonchev–Trinajstić information content (AvgIpc) is 3.68. The zero-order chi connectivity index (χ0) is 31.8. The summed E-state index contributed by atoms with van der Waals surface area (Å²) in [6.45, 7) is 7.56. The summed E-state index contributed by atoms with van der Waals surface area (Å²) in [5.74, 6) is -2.15. The van der Waals surface area contributed by atoms with Gasteiger partial charge in [0.25, 0.3) is 5.78 Å². The van der Waals surface area contributed by atoms with Crippen LogP contribution in [0.25, 0.3) is 11.4 Å². The summed E-state index contributed by atoms with van der Waals surface area (Å²) in [6.07, 6.45) is 1.82. The van der Waals surface area contributed by atoms with E-state index in [9.17, 15) is 19.5 Å². The van der Waals surface area contributed by atoms with Gasteiger partial charge >= 0.3 is 11.9 Å². The molecule has 1 atom stereocenters. The summed E-state index contributed by atoms with van der Waals surface area (Å²) in [5.41, 5.74) is 4.08. The van der Waals surface area contributed by atoms with Crippen LogP contribution in [0.2, 0.25) is 0 Å². The molecule has 1 aliphatic rings. The van der Waals surface area contributed by atoms with Crippen LogP contribution in [0.3, 0.4) is 0 Å². The number of anilines is 1. The molecule has 0 bridgehead atoms. The second kappa shape index (κ2) is 12.0. The number of aliphatic hydroxyl groups excluding tert-OH is 1. The number of hydrogen-bond acceptors (Lipinski definition) is 9. The first-order valence-corrected chi connectivity index (χ1v) is 15.2. The zero-order valence-electron chi connectivity index (χ0n) is 25.1. The molecule has 0 saturated carbocycles. The molecule has 1 aliphatic heterocycles. The average molecular weight is 623 g/mol. The van der Waals surface area contributed by atoms with Gasteiger partial charge in [0.15, 0.2) is 10.9 Å². The first-order chi connectivity index (χ1) is 21.7. The van der Waals surface area contributed by atoms with Gasteiger partial charge in [-0.25, -0.2) is 14.8 Å². The van der Waals surface area contributed by atoms with Gasteiger partial charge in [-0.15, -0.1) is 0 Å². The van der Waals surface area contributed by atoms with Crippen LogP contribution in [0.15, 0.2) is 78.5 Å². The lowest BCUT2D eigenvalue weighted by molar-refractivity contribution is -0.132. The highest BCUT2D eigenvalue weighted by atomic mass is 32.1. The van der Waals surface area contributed by atoms with Crippen molar-refractivity contribution in [1.29, 1.82) is 0 Å². The van der Waals surface area contributed by atoms with Gasteiger partial charge in [0.2, 0.25) is 0 Å². The zero-order valence-corrected chi connectivity index (χ0v) is 25.9. The van der Waals surface area contributed by atoms with Crippen LogP contribution in [0.5, 0.6) is 5.75 Å². The highest BCUT2D eigenvalue weighted by Gasteiger charge is 2.49. The molecule has 228 valence electrons. The van der Waals surface area contributed by atoms with Crippen LogP contribution >= 0.6 is 11.3 Å². The summed E-state index contributed by atoms with van der Waals surface area (Å²) < 4.78 is 12.9. The monoisotopic (exact) mass is 622 g/mol. The molecule has 3 aromatic heterocycles. The van der Waals surface area contributed by atoms with E-state index in [2.05, 4.69) is 9.97 Å². The van der Waals surface area contributed by atoms with Gasteiger partial charge in [-0.1, -0.05) is 59.9 Å². The number of rotatable bonds is 8. The Morgan fingerprint density at radius 3 is 2.40 bits per heavy atom. The minimum atomic E-state index is -1.06. The summed E-state index contributed by atoms with van der Waals surface area (Å²) in [5, 5.41) is 11.9. The molecule has 10 nitrogen and oxygen atoms in total. The van der Waals surface area contributed by atoms with E-state index in [1.165, 1.54) is 4.90 Å². The van der Waals surface area contributed by atoms with E-state index in [1.54, 1.807) is 45.0 Å². The molecule has 1 amide bonds. The Labute approximate surface area is 263 Å². The fraction of sp³-hybridized carbons (Fsp3) is 0.206. The number of ether oxygens (including phenoxy) is 2. The second-order valence-corrected chi connectivity index (χ2v) is 11.6. The largest absolute Gasteiger partial charge is 0.505 e. The Morgan fingerprint density at radius 2 is 1.71 bits per heavy atom. The van der Waals surface area contributed by atoms with E-state index in [-0.39, 0.29) is 27.9 Å². The van der Waals surface area contributed by atoms with Gasteiger partial charge in [-0.2, -0.15) is 0 Å². The Balaban J connectivity index is 1.46. The standard InChI is InChI=1S/C34H30N4O6S/c1-5-43-33(42)30-20(3)35-34(45-30)38-27(23-13-15-24(16-14-23)44-18-22-11-7-6-8-12-22)25(29(40)32(38)41)28(39)26-21(4)37-17-9-10-19(2)31(37)36-26/h6-17,27,39H,5,18H2,1-4H3. The lowest BCUT2D eigenvalue weighted by Gasteiger charge is -2.23. The van der Waals surface area contributed by atoms with Crippen LogP contribution in [0, 0.1) is 20.8 Å². The number of pyridine rings is 1. The Morgan fingerprint density at radius 1 is 0.978 bits per heavy atom. The van der Waals surface area contributed by atoms with Crippen molar-refractivity contribution in [3.63, 3.8) is 0 Å². The maximum atomic E-state index is 13.8. The fourth-order valence-corrected chi connectivity index (χ4v) is 6.37. The number of thiazole rings is 1. The molecule has 5 aromatic rings. The van der Waals surface area contributed by atoms with Crippen molar-refractivity contribution in [2.45, 2.75) is 40.3 Å². The lowest BCUT2D eigenvalue weighted by Crippen LogP contribution is -2.29. The summed E-state index contributed by atoms with van der Waals surface area (Å²) in [7, 11) is 0. The third-order valence-electron chi connectivity index (χ3n) is 7.65. The van der Waals surface area contributed by atoms with Crippen molar-refractivity contribution in [1.82, 2.24) is 14.4 Å². The second-order valence-electron chi connectivity index (χ2n) is 10.6. The highest BCUT2D eigenvalue weighted by Crippen LogP contribution is 2.44. The van der Waals surface area contributed by atoms with Gasteiger partial charge in [-0.3, -0.25) is 14.5 Å². The Bertz CT molecular complexity index is 1980. The van der Waals surface area contributed by atoms with Crippen LogP contribution in [0.4, 0.5) is 5.13 Å².